The van der Waals surface area contributed by atoms with Crippen molar-refractivity contribution in [3.63, 3.8) is 0 Å². The fraction of sp³-hybridized carbons (Fsp3) is 1.00. The lowest BCUT2D eigenvalue weighted by molar-refractivity contribution is 0.0871. The van der Waals surface area contributed by atoms with Gasteiger partial charge in [-0.3, -0.25) is 0 Å². The van der Waals surface area contributed by atoms with E-state index in [4.69, 9.17) is 0 Å². The van der Waals surface area contributed by atoms with Crippen LogP contribution in [0.1, 0.15) is 59.3 Å². The third-order valence-electron chi connectivity index (χ3n) is 5.10. The molecule has 0 atom stereocenters. The Balaban J connectivity index is 1.91. The molecule has 3 heteroatoms. The normalized spacial score (nSPS) is 27.9. The molecule has 0 unspecified atom stereocenters. The Bertz CT molecular complexity index is 359. The zero-order chi connectivity index (χ0) is 12.7. The monoisotopic (exact) mass is 258 g/mol. The van der Waals surface area contributed by atoms with Gasteiger partial charge in [0.05, 0.1) is 11.5 Å². The molecule has 0 aromatic heterocycles. The number of hydrogen-bond acceptors (Lipinski definition) is 2. The van der Waals surface area contributed by atoms with Crippen LogP contribution >= 0.6 is 0 Å². The highest BCUT2D eigenvalue weighted by Crippen LogP contribution is 2.51. The van der Waals surface area contributed by atoms with Crippen LogP contribution in [-0.2, 0) is 9.84 Å². The minimum Gasteiger partial charge on any atom is -0.229 e. The molecule has 0 radical (unpaired) electrons. The van der Waals surface area contributed by atoms with Gasteiger partial charge in [0, 0.05) is 0 Å². The first-order chi connectivity index (χ1) is 7.79. The molecule has 2 rings (SSSR count). The van der Waals surface area contributed by atoms with Crippen LogP contribution in [0.3, 0.4) is 0 Å². The second-order valence-electron chi connectivity index (χ2n) is 7.05. The third-order valence-corrected chi connectivity index (χ3v) is 7.20. The molecule has 0 bridgehead atoms. The first-order valence-electron chi connectivity index (χ1n) is 6.99. The lowest BCUT2D eigenvalue weighted by atomic mass is 9.63. The molecule has 2 aliphatic rings. The van der Waals surface area contributed by atoms with Crippen LogP contribution in [0.4, 0.5) is 0 Å². The molecule has 2 nitrogen and oxygen atoms in total. The molecule has 1 saturated heterocycles. The molecule has 100 valence electrons. The van der Waals surface area contributed by atoms with Crippen molar-refractivity contribution in [1.82, 2.24) is 0 Å². The van der Waals surface area contributed by atoms with E-state index in [1.54, 1.807) is 0 Å². The molecular formula is C14H26O2S. The molecule has 0 aromatic rings. The van der Waals surface area contributed by atoms with Crippen LogP contribution in [0.2, 0.25) is 0 Å². The third kappa shape index (κ3) is 2.69. The standard InChI is InChI=1S/C14H26O2S/c1-4-7-13(2,3)12-5-8-14(9-6-12)10-17(15,16)11-14/h12H,4-11H2,1-3H3. The van der Waals surface area contributed by atoms with E-state index in [2.05, 4.69) is 20.8 Å². The molecule has 1 saturated carbocycles. The highest BCUT2D eigenvalue weighted by molar-refractivity contribution is 7.92. The van der Waals surface area contributed by atoms with E-state index in [-0.39, 0.29) is 5.41 Å². The number of sulfone groups is 1. The largest absolute Gasteiger partial charge is 0.229 e. The van der Waals surface area contributed by atoms with E-state index in [1.165, 1.54) is 25.7 Å². The van der Waals surface area contributed by atoms with Crippen molar-refractivity contribution in [3.05, 3.63) is 0 Å². The smallest absolute Gasteiger partial charge is 0.151 e. The Morgan fingerprint density at radius 2 is 1.71 bits per heavy atom. The summed E-state index contributed by atoms with van der Waals surface area (Å²) in [6.07, 6.45) is 7.31. The summed E-state index contributed by atoms with van der Waals surface area (Å²) in [6, 6.07) is 0. The Kier molecular flexibility index (Phi) is 3.35. The van der Waals surface area contributed by atoms with Crippen LogP contribution in [0.15, 0.2) is 0 Å². The lowest BCUT2D eigenvalue weighted by Crippen LogP contribution is -2.51. The zero-order valence-electron chi connectivity index (χ0n) is 11.5. The van der Waals surface area contributed by atoms with Gasteiger partial charge in [0.15, 0.2) is 9.84 Å². The molecule has 1 aliphatic carbocycles. The molecule has 1 aliphatic heterocycles. The van der Waals surface area contributed by atoms with Crippen molar-refractivity contribution in [2.75, 3.05) is 11.5 Å². The quantitative estimate of drug-likeness (QED) is 0.777. The average molecular weight is 258 g/mol. The van der Waals surface area contributed by atoms with E-state index < -0.39 is 9.84 Å². The van der Waals surface area contributed by atoms with Gasteiger partial charge in [-0.25, -0.2) is 8.42 Å². The van der Waals surface area contributed by atoms with E-state index in [0.717, 1.165) is 18.8 Å². The number of hydrogen-bond donors (Lipinski definition) is 0. The molecular weight excluding hydrogens is 232 g/mol. The summed E-state index contributed by atoms with van der Waals surface area (Å²) in [6.45, 7) is 7.03. The molecule has 1 heterocycles. The lowest BCUT2D eigenvalue weighted by Gasteiger charge is -2.49. The summed E-state index contributed by atoms with van der Waals surface area (Å²) < 4.78 is 22.7. The van der Waals surface area contributed by atoms with Crippen molar-refractivity contribution < 1.29 is 8.42 Å². The first kappa shape index (κ1) is 13.4. The molecule has 2 fully saturated rings. The SMILES string of the molecule is CCCC(C)(C)C1CCC2(CC1)CS(=O)(=O)C2. The topological polar surface area (TPSA) is 34.1 Å². The van der Waals surface area contributed by atoms with Crippen molar-refractivity contribution >= 4 is 9.84 Å². The van der Waals surface area contributed by atoms with Crippen LogP contribution in [0.5, 0.6) is 0 Å². The van der Waals surface area contributed by atoms with Gasteiger partial charge in [-0.1, -0.05) is 27.2 Å². The maximum Gasteiger partial charge on any atom is 0.151 e. The predicted molar refractivity (Wildman–Crippen MR) is 71.7 cm³/mol. The van der Waals surface area contributed by atoms with Gasteiger partial charge in [-0.05, 0) is 48.9 Å². The summed E-state index contributed by atoms with van der Waals surface area (Å²) >= 11 is 0. The summed E-state index contributed by atoms with van der Waals surface area (Å²) in [5.74, 6) is 1.75. The second kappa shape index (κ2) is 4.25. The van der Waals surface area contributed by atoms with Gasteiger partial charge >= 0.3 is 0 Å². The minimum atomic E-state index is -2.65. The Morgan fingerprint density at radius 3 is 2.12 bits per heavy atom. The molecule has 17 heavy (non-hydrogen) atoms. The van der Waals surface area contributed by atoms with Crippen molar-refractivity contribution in [3.8, 4) is 0 Å². The maximum atomic E-state index is 11.3. The highest BCUT2D eigenvalue weighted by Gasteiger charge is 2.50. The Labute approximate surface area is 106 Å². The summed E-state index contributed by atoms with van der Waals surface area (Å²) in [4.78, 5) is 0. The predicted octanol–water partition coefficient (Wildman–Crippen LogP) is 3.42. The van der Waals surface area contributed by atoms with E-state index in [1.807, 2.05) is 0 Å². The van der Waals surface area contributed by atoms with E-state index in [9.17, 15) is 8.42 Å². The zero-order valence-corrected chi connectivity index (χ0v) is 12.3. The van der Waals surface area contributed by atoms with Gasteiger partial charge in [-0.2, -0.15) is 0 Å². The second-order valence-corrected chi connectivity index (χ2v) is 9.11. The van der Waals surface area contributed by atoms with Gasteiger partial charge in [0.1, 0.15) is 0 Å². The Hall–Kier alpha value is -0.0500. The Morgan fingerprint density at radius 1 is 1.18 bits per heavy atom. The molecule has 0 N–H and O–H groups in total. The molecule has 0 amide bonds. The first-order valence-corrected chi connectivity index (χ1v) is 8.81. The summed E-state index contributed by atoms with van der Waals surface area (Å²) in [7, 11) is -2.65. The van der Waals surface area contributed by atoms with Gasteiger partial charge in [0.25, 0.3) is 0 Å². The van der Waals surface area contributed by atoms with E-state index in [0.29, 0.717) is 16.9 Å². The van der Waals surface area contributed by atoms with Gasteiger partial charge in [-0.15, -0.1) is 0 Å². The number of rotatable bonds is 3. The summed E-state index contributed by atoms with van der Waals surface area (Å²) in [5.41, 5.74) is 0.636. The van der Waals surface area contributed by atoms with Gasteiger partial charge < -0.3 is 0 Å². The molecule has 1 spiro atoms. The molecule has 0 aromatic carbocycles. The maximum absolute atomic E-state index is 11.3. The highest BCUT2D eigenvalue weighted by atomic mass is 32.2. The van der Waals surface area contributed by atoms with E-state index >= 15 is 0 Å². The van der Waals surface area contributed by atoms with Gasteiger partial charge in [0.2, 0.25) is 0 Å². The summed E-state index contributed by atoms with van der Waals surface area (Å²) in [5, 5.41) is 0. The fourth-order valence-corrected chi connectivity index (χ4v) is 6.40. The van der Waals surface area contributed by atoms with Crippen molar-refractivity contribution in [1.29, 1.82) is 0 Å². The van der Waals surface area contributed by atoms with Crippen molar-refractivity contribution in [2.24, 2.45) is 16.7 Å². The average Bonchev–Trinajstić information content (AvgIpc) is 2.15. The van der Waals surface area contributed by atoms with Crippen LogP contribution in [-0.4, -0.2) is 19.9 Å². The van der Waals surface area contributed by atoms with Crippen LogP contribution < -0.4 is 0 Å². The fourth-order valence-electron chi connectivity index (χ4n) is 4.04. The van der Waals surface area contributed by atoms with Crippen molar-refractivity contribution in [2.45, 2.75) is 59.3 Å². The minimum absolute atomic E-state index is 0.192. The van der Waals surface area contributed by atoms with Crippen LogP contribution in [0.25, 0.3) is 0 Å². The van der Waals surface area contributed by atoms with Crippen LogP contribution in [0, 0.1) is 16.7 Å².